The number of nitrogens with zero attached hydrogens (tertiary/aromatic N) is 4. The Morgan fingerprint density at radius 3 is 2.35 bits per heavy atom. The predicted octanol–water partition coefficient (Wildman–Crippen LogP) is 5.60. The monoisotopic (exact) mass is 500 g/mol. The molecule has 0 unspecified atom stereocenters. The molecule has 0 spiro atoms. The number of pyridine rings is 1. The maximum absolute atomic E-state index is 13.3. The zero-order valence-electron chi connectivity index (χ0n) is 20.7. The van der Waals surface area contributed by atoms with Gasteiger partial charge in [-0.15, -0.1) is 0 Å². The molecule has 0 aliphatic carbocycles. The van der Waals surface area contributed by atoms with E-state index in [1.807, 2.05) is 19.9 Å². The minimum absolute atomic E-state index is 0.0675. The molecule has 2 aliphatic rings. The maximum Gasteiger partial charge on any atom is 0.270 e. The molecule has 6 nitrogen and oxygen atoms in total. The van der Waals surface area contributed by atoms with Gasteiger partial charge in [-0.25, -0.2) is 0 Å². The summed E-state index contributed by atoms with van der Waals surface area (Å²) < 4.78 is 2.33. The molecule has 0 atom stereocenters. The van der Waals surface area contributed by atoms with Gasteiger partial charge in [0.2, 0.25) is 0 Å². The lowest BCUT2D eigenvalue weighted by Crippen LogP contribution is -2.33. The number of carbonyl (C=O) groups excluding carboxylic acids is 1. The van der Waals surface area contributed by atoms with Gasteiger partial charge in [-0.1, -0.05) is 69.9 Å². The lowest BCUT2D eigenvalue weighted by molar-refractivity contribution is -0.122. The second-order valence-corrected chi connectivity index (χ2v) is 10.8. The average molecular weight is 501 g/mol. The summed E-state index contributed by atoms with van der Waals surface area (Å²) in [5, 5.41) is 9.75. The lowest BCUT2D eigenvalue weighted by atomic mass is 10.0. The van der Waals surface area contributed by atoms with Crippen molar-refractivity contribution in [3.8, 4) is 6.07 Å². The Kier molecular flexibility index (Phi) is 9.78. The smallest absolute Gasteiger partial charge is 0.270 e. The van der Waals surface area contributed by atoms with Crippen molar-refractivity contribution < 1.29 is 4.79 Å². The summed E-state index contributed by atoms with van der Waals surface area (Å²) in [7, 11) is 0. The molecule has 0 N–H and O–H groups in total. The Morgan fingerprint density at radius 2 is 1.71 bits per heavy atom. The lowest BCUT2D eigenvalue weighted by Gasteiger charge is -2.26. The molecule has 184 valence electrons. The summed E-state index contributed by atoms with van der Waals surface area (Å²) in [4.78, 5) is 30.9. The standard InChI is InChI=1S/C26H36N4O2S2/c1-4-6-7-8-9-10-16-30-25(32)22(34-26(30)33)17-20-19(3)21(18-27)24(31)29(13-5-2)23(20)28-14-11-12-15-28/h17H,4-16H2,1-3H3/b22-17-. The highest BCUT2D eigenvalue weighted by atomic mass is 32.2. The first-order valence-corrected chi connectivity index (χ1v) is 13.8. The first-order chi connectivity index (χ1) is 16.4. The highest BCUT2D eigenvalue weighted by molar-refractivity contribution is 8.26. The predicted molar refractivity (Wildman–Crippen MR) is 145 cm³/mol. The number of hydrogen-bond donors (Lipinski definition) is 0. The molecular formula is C26H36N4O2S2. The van der Waals surface area contributed by atoms with E-state index in [1.54, 1.807) is 9.47 Å². The van der Waals surface area contributed by atoms with Gasteiger partial charge in [-0.3, -0.25) is 19.1 Å². The fourth-order valence-electron chi connectivity index (χ4n) is 4.72. The molecule has 1 aromatic heterocycles. The van der Waals surface area contributed by atoms with E-state index in [9.17, 15) is 14.9 Å². The zero-order chi connectivity index (χ0) is 24.7. The van der Waals surface area contributed by atoms with E-state index in [0.29, 0.717) is 27.9 Å². The van der Waals surface area contributed by atoms with Crippen LogP contribution in [0.15, 0.2) is 9.70 Å². The first-order valence-electron chi connectivity index (χ1n) is 12.6. The van der Waals surface area contributed by atoms with E-state index >= 15 is 0 Å². The minimum atomic E-state index is -0.239. The van der Waals surface area contributed by atoms with Gasteiger partial charge >= 0.3 is 0 Å². The van der Waals surface area contributed by atoms with Crippen LogP contribution in [0.3, 0.4) is 0 Å². The van der Waals surface area contributed by atoms with Crippen molar-refractivity contribution in [1.29, 1.82) is 5.26 Å². The van der Waals surface area contributed by atoms with E-state index < -0.39 is 0 Å². The third-order valence-electron chi connectivity index (χ3n) is 6.58. The number of thioether (sulfide) groups is 1. The molecule has 34 heavy (non-hydrogen) atoms. The topological polar surface area (TPSA) is 69.3 Å². The van der Waals surface area contributed by atoms with E-state index in [2.05, 4.69) is 17.9 Å². The van der Waals surface area contributed by atoms with Crippen molar-refractivity contribution in [2.45, 2.75) is 85.1 Å². The minimum Gasteiger partial charge on any atom is -0.357 e. The van der Waals surface area contributed by atoms with Crippen LogP contribution < -0.4 is 10.5 Å². The van der Waals surface area contributed by atoms with Crippen molar-refractivity contribution in [2.75, 3.05) is 24.5 Å². The Morgan fingerprint density at radius 1 is 1.03 bits per heavy atom. The number of unbranched alkanes of at least 4 members (excludes halogenated alkanes) is 5. The third kappa shape index (κ3) is 5.75. The van der Waals surface area contributed by atoms with E-state index in [1.165, 1.54) is 37.4 Å². The molecule has 1 aromatic rings. The normalized spacial score (nSPS) is 17.3. The van der Waals surface area contributed by atoms with Crippen LogP contribution in [-0.4, -0.2) is 39.3 Å². The van der Waals surface area contributed by atoms with Crippen LogP contribution in [0.2, 0.25) is 0 Å². The molecule has 0 bridgehead atoms. The van der Waals surface area contributed by atoms with Crippen LogP contribution in [0.25, 0.3) is 6.08 Å². The number of amides is 1. The Hall–Kier alpha value is -2.11. The summed E-state index contributed by atoms with van der Waals surface area (Å²) in [6.07, 6.45) is 11.7. The Labute approximate surface area is 213 Å². The van der Waals surface area contributed by atoms with Gasteiger partial charge in [0.1, 0.15) is 21.8 Å². The Balaban J connectivity index is 1.94. The van der Waals surface area contributed by atoms with Crippen LogP contribution in [0.5, 0.6) is 0 Å². The van der Waals surface area contributed by atoms with E-state index in [4.69, 9.17) is 12.2 Å². The van der Waals surface area contributed by atoms with Crippen molar-refractivity contribution in [2.24, 2.45) is 0 Å². The second-order valence-electron chi connectivity index (χ2n) is 9.10. The summed E-state index contributed by atoms with van der Waals surface area (Å²) in [6.45, 7) is 8.97. The molecule has 2 aliphatic heterocycles. The molecular weight excluding hydrogens is 464 g/mol. The molecule has 8 heteroatoms. The maximum atomic E-state index is 13.3. The molecule has 3 rings (SSSR count). The second kappa shape index (κ2) is 12.6. The number of nitriles is 1. The number of hydrogen-bond acceptors (Lipinski definition) is 6. The first kappa shape index (κ1) is 26.5. The van der Waals surface area contributed by atoms with Gasteiger partial charge < -0.3 is 4.90 Å². The van der Waals surface area contributed by atoms with Gasteiger partial charge in [0, 0.05) is 31.7 Å². The van der Waals surface area contributed by atoms with Crippen molar-refractivity contribution in [1.82, 2.24) is 9.47 Å². The number of rotatable bonds is 11. The van der Waals surface area contributed by atoms with Crippen LogP contribution in [-0.2, 0) is 11.3 Å². The molecule has 1 amide bonds. The van der Waals surface area contributed by atoms with Gasteiger partial charge in [0.15, 0.2) is 0 Å². The summed E-state index contributed by atoms with van der Waals surface area (Å²) in [5.41, 5.74) is 1.36. The molecule has 0 radical (unpaired) electrons. The number of aromatic nitrogens is 1. The van der Waals surface area contributed by atoms with Gasteiger partial charge in [-0.05, 0) is 44.2 Å². The highest BCUT2D eigenvalue weighted by Crippen LogP contribution is 2.36. The zero-order valence-corrected chi connectivity index (χ0v) is 22.3. The number of anilines is 1. The SMILES string of the molecule is CCCCCCCCN1C(=O)/C(=C/c2c(C)c(C#N)c(=O)n(CCC)c2N2CCCC2)SC1=S. The van der Waals surface area contributed by atoms with Crippen molar-refractivity contribution >= 4 is 46.1 Å². The summed E-state index contributed by atoms with van der Waals surface area (Å²) in [6, 6.07) is 2.11. The fraction of sp³-hybridized carbons (Fsp3) is 0.615. The number of carbonyl (C=O) groups is 1. The highest BCUT2D eigenvalue weighted by Gasteiger charge is 2.33. The third-order valence-corrected chi connectivity index (χ3v) is 7.96. The van der Waals surface area contributed by atoms with Crippen molar-refractivity contribution in [3.05, 3.63) is 31.9 Å². The average Bonchev–Trinajstić information content (AvgIpc) is 3.43. The fourth-order valence-corrected chi connectivity index (χ4v) is 6.01. The van der Waals surface area contributed by atoms with Crippen LogP contribution in [0.1, 0.15) is 88.3 Å². The van der Waals surface area contributed by atoms with Crippen molar-refractivity contribution in [3.63, 3.8) is 0 Å². The molecule has 0 aromatic carbocycles. The molecule has 0 saturated carbocycles. The van der Waals surface area contributed by atoms with Gasteiger partial charge in [0.05, 0.1) is 4.91 Å². The number of thiocarbonyl (C=S) groups is 1. The van der Waals surface area contributed by atoms with Gasteiger partial charge in [0.25, 0.3) is 11.5 Å². The molecule has 3 heterocycles. The largest absolute Gasteiger partial charge is 0.357 e. The van der Waals surface area contributed by atoms with Crippen LogP contribution in [0, 0.1) is 18.3 Å². The van der Waals surface area contributed by atoms with Gasteiger partial charge in [-0.2, -0.15) is 5.26 Å². The molecule has 2 fully saturated rings. The Bertz CT molecular complexity index is 1050. The van der Waals surface area contributed by atoms with E-state index in [-0.39, 0.29) is 17.0 Å². The van der Waals surface area contributed by atoms with Crippen LogP contribution in [0.4, 0.5) is 5.82 Å². The van der Waals surface area contributed by atoms with E-state index in [0.717, 1.165) is 56.6 Å². The summed E-state index contributed by atoms with van der Waals surface area (Å²) in [5.74, 6) is 0.768. The van der Waals surface area contributed by atoms with Crippen LogP contribution >= 0.6 is 24.0 Å². The molecule has 2 saturated heterocycles. The quantitative estimate of drug-likeness (QED) is 0.224. The summed E-state index contributed by atoms with van der Waals surface area (Å²) >= 11 is 6.87.